The highest BCUT2D eigenvalue weighted by Crippen LogP contribution is 2.70. The van der Waals surface area contributed by atoms with Gasteiger partial charge < -0.3 is 9.47 Å². The Labute approximate surface area is 177 Å². The minimum Gasteiger partial charge on any atom is -0.447 e. The van der Waals surface area contributed by atoms with Crippen LogP contribution in [0.5, 0.6) is 0 Å². The standard InChI is InChI=1S/C24H26N4O2/c1-4-16-9-10-24-19(11-16)23(14-27,21(28)30-24)22(12-25,13-26)20(29-24)18-7-5-17(6-8-18)15(2)3/h5-8,15-16,19-20,28H,4,9-11H2,1-3H3. The van der Waals surface area contributed by atoms with Crippen molar-refractivity contribution in [3.8, 4) is 18.2 Å². The first-order chi connectivity index (χ1) is 14.3. The second kappa shape index (κ2) is 6.83. The maximum absolute atomic E-state index is 10.4. The molecule has 2 aliphatic heterocycles. The SMILES string of the molecule is CCC1CCC23OC(=N)C(C#N)(C2C1)C(C#N)(C#N)C(c1ccc(C(C)C)cc1)O3. The van der Waals surface area contributed by atoms with E-state index >= 15 is 0 Å². The third-order valence-electron chi connectivity index (χ3n) is 7.50. The Morgan fingerprint density at radius 1 is 1.13 bits per heavy atom. The monoisotopic (exact) mass is 402 g/mol. The summed E-state index contributed by atoms with van der Waals surface area (Å²) in [6.07, 6.45) is 2.00. The van der Waals surface area contributed by atoms with Crippen LogP contribution in [-0.4, -0.2) is 11.7 Å². The van der Waals surface area contributed by atoms with Gasteiger partial charge in [0.2, 0.25) is 17.1 Å². The molecule has 2 saturated heterocycles. The molecule has 5 atom stereocenters. The van der Waals surface area contributed by atoms with Crippen molar-refractivity contribution in [2.75, 3.05) is 0 Å². The molecule has 0 radical (unpaired) electrons. The van der Waals surface area contributed by atoms with E-state index in [0.29, 0.717) is 30.2 Å². The number of hydrogen-bond acceptors (Lipinski definition) is 6. The average molecular weight is 402 g/mol. The van der Waals surface area contributed by atoms with Crippen molar-refractivity contribution in [1.82, 2.24) is 0 Å². The van der Waals surface area contributed by atoms with E-state index in [1.807, 2.05) is 24.3 Å². The van der Waals surface area contributed by atoms with Gasteiger partial charge in [-0.3, -0.25) is 5.41 Å². The van der Waals surface area contributed by atoms with Crippen LogP contribution in [0, 0.1) is 62.1 Å². The molecule has 6 nitrogen and oxygen atoms in total. The molecule has 0 aromatic heterocycles. The molecule has 1 aromatic carbocycles. The number of rotatable bonds is 3. The highest BCUT2D eigenvalue weighted by molar-refractivity contribution is 5.89. The zero-order valence-electron chi connectivity index (χ0n) is 17.6. The van der Waals surface area contributed by atoms with Crippen LogP contribution in [0.2, 0.25) is 0 Å². The van der Waals surface area contributed by atoms with Gasteiger partial charge in [-0.2, -0.15) is 15.8 Å². The zero-order chi connectivity index (χ0) is 21.7. The highest BCUT2D eigenvalue weighted by Gasteiger charge is 2.80. The predicted molar refractivity (Wildman–Crippen MR) is 109 cm³/mol. The van der Waals surface area contributed by atoms with Gasteiger partial charge >= 0.3 is 0 Å². The molecule has 1 aliphatic carbocycles. The second-order valence-corrected chi connectivity index (χ2v) is 9.11. The van der Waals surface area contributed by atoms with Crippen LogP contribution < -0.4 is 0 Å². The Hall–Kier alpha value is -2.88. The fourth-order valence-corrected chi connectivity index (χ4v) is 5.64. The molecule has 6 heteroatoms. The maximum atomic E-state index is 10.4. The van der Waals surface area contributed by atoms with Crippen molar-refractivity contribution in [3.05, 3.63) is 35.4 Å². The van der Waals surface area contributed by atoms with Gasteiger partial charge in [-0.1, -0.05) is 51.5 Å². The third-order valence-corrected chi connectivity index (χ3v) is 7.50. The van der Waals surface area contributed by atoms with Crippen molar-refractivity contribution < 1.29 is 9.47 Å². The molecule has 2 heterocycles. The van der Waals surface area contributed by atoms with Gasteiger partial charge in [-0.15, -0.1) is 0 Å². The van der Waals surface area contributed by atoms with Crippen LogP contribution in [-0.2, 0) is 9.47 Å². The zero-order valence-corrected chi connectivity index (χ0v) is 17.6. The lowest BCUT2D eigenvalue weighted by molar-refractivity contribution is -0.299. The Balaban J connectivity index is 1.91. The van der Waals surface area contributed by atoms with E-state index in [4.69, 9.17) is 14.9 Å². The summed E-state index contributed by atoms with van der Waals surface area (Å²) >= 11 is 0. The summed E-state index contributed by atoms with van der Waals surface area (Å²) in [5.74, 6) is -1.24. The summed E-state index contributed by atoms with van der Waals surface area (Å²) < 4.78 is 12.5. The van der Waals surface area contributed by atoms with Gasteiger partial charge in [0.25, 0.3) is 0 Å². The number of hydrogen-bond donors (Lipinski definition) is 1. The van der Waals surface area contributed by atoms with E-state index in [0.717, 1.165) is 18.4 Å². The quantitative estimate of drug-likeness (QED) is 0.768. The normalized spacial score (nSPS) is 36.2. The van der Waals surface area contributed by atoms with Crippen LogP contribution in [0.15, 0.2) is 24.3 Å². The molecule has 0 amide bonds. The van der Waals surface area contributed by atoms with E-state index < -0.39 is 28.6 Å². The molecule has 1 N–H and O–H groups in total. The molecule has 5 unspecified atom stereocenters. The molecule has 30 heavy (non-hydrogen) atoms. The fraction of sp³-hybridized carbons (Fsp3) is 0.583. The van der Waals surface area contributed by atoms with Crippen LogP contribution in [0.3, 0.4) is 0 Å². The molecule has 0 spiro atoms. The van der Waals surface area contributed by atoms with Gasteiger partial charge in [0.15, 0.2) is 5.41 Å². The Morgan fingerprint density at radius 3 is 2.33 bits per heavy atom. The average Bonchev–Trinajstić information content (AvgIpc) is 2.97. The van der Waals surface area contributed by atoms with Gasteiger partial charge in [0.1, 0.15) is 6.10 Å². The first-order valence-electron chi connectivity index (χ1n) is 10.6. The van der Waals surface area contributed by atoms with Gasteiger partial charge in [0.05, 0.1) is 24.1 Å². The second-order valence-electron chi connectivity index (χ2n) is 9.11. The highest BCUT2D eigenvalue weighted by atomic mass is 16.7. The molecule has 154 valence electrons. The molecule has 4 rings (SSSR count). The number of nitrogens with zero attached hydrogens (tertiary/aromatic N) is 3. The predicted octanol–water partition coefficient (Wildman–Crippen LogP) is 4.95. The summed E-state index contributed by atoms with van der Waals surface area (Å²) in [5.41, 5.74) is -1.71. The molecule has 1 aromatic rings. The first kappa shape index (κ1) is 20.4. The van der Waals surface area contributed by atoms with Gasteiger partial charge in [-0.25, -0.2) is 0 Å². The number of nitriles is 3. The topological polar surface area (TPSA) is 114 Å². The van der Waals surface area contributed by atoms with Crippen LogP contribution in [0.4, 0.5) is 0 Å². The van der Waals surface area contributed by atoms with Crippen LogP contribution in [0.1, 0.15) is 69.6 Å². The van der Waals surface area contributed by atoms with Crippen molar-refractivity contribution >= 4 is 5.90 Å². The Kier molecular flexibility index (Phi) is 4.64. The van der Waals surface area contributed by atoms with Crippen molar-refractivity contribution in [2.45, 2.75) is 64.3 Å². The lowest BCUT2D eigenvalue weighted by Gasteiger charge is -2.52. The Bertz CT molecular complexity index is 982. The number of benzene rings is 1. The van der Waals surface area contributed by atoms with Gasteiger partial charge in [-0.05, 0) is 35.8 Å². The maximum Gasteiger partial charge on any atom is 0.217 e. The van der Waals surface area contributed by atoms with E-state index in [9.17, 15) is 15.8 Å². The number of nitrogens with one attached hydrogen (secondary N) is 1. The summed E-state index contributed by atoms with van der Waals surface area (Å²) in [4.78, 5) is 0. The lowest BCUT2D eigenvalue weighted by atomic mass is 9.50. The van der Waals surface area contributed by atoms with E-state index in [1.54, 1.807) is 0 Å². The minimum atomic E-state index is -1.86. The first-order valence-corrected chi connectivity index (χ1v) is 10.6. The molecule has 1 saturated carbocycles. The molecule has 3 fully saturated rings. The van der Waals surface area contributed by atoms with Crippen molar-refractivity contribution in [1.29, 1.82) is 21.2 Å². The third kappa shape index (κ3) is 2.33. The summed E-state index contributed by atoms with van der Waals surface area (Å²) in [6, 6.07) is 14.2. The smallest absolute Gasteiger partial charge is 0.217 e. The lowest BCUT2D eigenvalue weighted by Crippen LogP contribution is -2.61. The van der Waals surface area contributed by atoms with Gasteiger partial charge in [0, 0.05) is 6.42 Å². The minimum absolute atomic E-state index is 0.295. The molecule has 3 aliphatic rings. The summed E-state index contributed by atoms with van der Waals surface area (Å²) in [5, 5.41) is 39.6. The fourth-order valence-electron chi connectivity index (χ4n) is 5.64. The van der Waals surface area contributed by atoms with Crippen LogP contribution in [0.25, 0.3) is 0 Å². The molecular formula is C24H26N4O2. The largest absolute Gasteiger partial charge is 0.447 e. The number of ether oxygens (including phenoxy) is 2. The Morgan fingerprint density at radius 2 is 1.80 bits per heavy atom. The summed E-state index contributed by atoms with van der Waals surface area (Å²) in [7, 11) is 0. The van der Waals surface area contributed by atoms with Crippen molar-refractivity contribution in [3.63, 3.8) is 0 Å². The van der Waals surface area contributed by atoms with Crippen molar-refractivity contribution in [2.24, 2.45) is 22.7 Å². The van der Waals surface area contributed by atoms with Crippen LogP contribution >= 0.6 is 0 Å². The van der Waals surface area contributed by atoms with E-state index in [-0.39, 0.29) is 5.90 Å². The van der Waals surface area contributed by atoms with E-state index in [2.05, 4.69) is 39.0 Å². The van der Waals surface area contributed by atoms with E-state index in [1.165, 1.54) is 0 Å². The molecular weight excluding hydrogens is 376 g/mol. The summed E-state index contributed by atoms with van der Waals surface area (Å²) in [6.45, 7) is 6.29. The molecule has 2 bridgehead atoms.